The van der Waals surface area contributed by atoms with Gasteiger partial charge < -0.3 is 15.2 Å². The highest BCUT2D eigenvalue weighted by Gasteiger charge is 2.09. The summed E-state index contributed by atoms with van der Waals surface area (Å²) in [7, 11) is 1.98. The van der Waals surface area contributed by atoms with E-state index in [1.165, 1.54) is 0 Å². The third-order valence-corrected chi connectivity index (χ3v) is 3.13. The summed E-state index contributed by atoms with van der Waals surface area (Å²) in [5.41, 5.74) is 1.04. The lowest BCUT2D eigenvalue weighted by Gasteiger charge is -2.13. The lowest BCUT2D eigenvalue weighted by molar-refractivity contribution is 0.808. The molecule has 0 bridgehead atoms. The third kappa shape index (κ3) is 3.26. The summed E-state index contributed by atoms with van der Waals surface area (Å²) in [6.07, 6.45) is 4.80. The van der Waals surface area contributed by atoms with Crippen molar-refractivity contribution in [2.45, 2.75) is 33.7 Å². The number of aryl methyl sites for hydroxylation is 2. The van der Waals surface area contributed by atoms with Crippen molar-refractivity contribution >= 4 is 11.6 Å². The van der Waals surface area contributed by atoms with Gasteiger partial charge in [0.05, 0.1) is 6.54 Å². The number of hydrogen-bond donors (Lipinski definition) is 2. The first-order chi connectivity index (χ1) is 9.61. The largest absolute Gasteiger partial charge is 0.370 e. The van der Waals surface area contributed by atoms with Crippen LogP contribution < -0.4 is 10.6 Å². The molecule has 0 unspecified atom stereocenters. The number of anilines is 2. The van der Waals surface area contributed by atoms with Crippen LogP contribution in [0.1, 0.15) is 30.6 Å². The molecule has 0 fully saturated rings. The maximum absolute atomic E-state index is 4.47. The van der Waals surface area contributed by atoms with Crippen molar-refractivity contribution in [1.29, 1.82) is 0 Å². The van der Waals surface area contributed by atoms with Crippen LogP contribution in [-0.2, 0) is 13.6 Å². The Balaban J connectivity index is 2.14. The molecule has 0 aliphatic carbocycles. The number of imidazole rings is 1. The second-order valence-corrected chi connectivity index (χ2v) is 4.83. The Bertz CT molecular complexity index is 575. The molecule has 0 amide bonds. The van der Waals surface area contributed by atoms with E-state index in [1.54, 1.807) is 6.20 Å². The van der Waals surface area contributed by atoms with Crippen LogP contribution in [0.5, 0.6) is 0 Å². The van der Waals surface area contributed by atoms with Crippen LogP contribution in [0.4, 0.5) is 11.6 Å². The summed E-state index contributed by atoms with van der Waals surface area (Å²) in [4.78, 5) is 13.2. The molecule has 2 heterocycles. The minimum Gasteiger partial charge on any atom is -0.370 e. The second kappa shape index (κ2) is 6.36. The summed E-state index contributed by atoms with van der Waals surface area (Å²) in [5.74, 6) is 3.50. The van der Waals surface area contributed by atoms with E-state index in [2.05, 4.69) is 32.5 Å². The number of hydrogen-bond acceptors (Lipinski definition) is 5. The zero-order valence-corrected chi connectivity index (χ0v) is 12.6. The van der Waals surface area contributed by atoms with Gasteiger partial charge in [-0.15, -0.1) is 0 Å². The molecule has 2 aromatic heterocycles. The van der Waals surface area contributed by atoms with Crippen LogP contribution in [0, 0.1) is 13.8 Å². The number of nitrogens with zero attached hydrogens (tertiary/aromatic N) is 4. The quantitative estimate of drug-likeness (QED) is 0.845. The summed E-state index contributed by atoms with van der Waals surface area (Å²) in [6, 6.07) is 0. The molecule has 6 heteroatoms. The topological polar surface area (TPSA) is 67.7 Å². The zero-order chi connectivity index (χ0) is 14.5. The minimum atomic E-state index is 0.647. The standard InChI is InChI=1S/C14H22N6/c1-5-6-16-13-10(2)14(19-11(3)18-13)17-9-12-15-7-8-20(12)4/h7-8H,5-6,9H2,1-4H3,(H2,16,17,18,19). The molecule has 6 nitrogen and oxygen atoms in total. The van der Waals surface area contributed by atoms with Gasteiger partial charge in [-0.05, 0) is 20.3 Å². The van der Waals surface area contributed by atoms with Crippen LogP contribution in [-0.4, -0.2) is 26.1 Å². The van der Waals surface area contributed by atoms with Crippen molar-refractivity contribution in [3.05, 3.63) is 29.6 Å². The van der Waals surface area contributed by atoms with Gasteiger partial charge in [0.25, 0.3) is 0 Å². The Hall–Kier alpha value is -2.11. The number of aromatic nitrogens is 4. The summed E-state index contributed by atoms with van der Waals surface area (Å²) in [5, 5.41) is 6.68. The van der Waals surface area contributed by atoms with Crippen molar-refractivity contribution in [3.63, 3.8) is 0 Å². The molecule has 0 aromatic carbocycles. The Morgan fingerprint density at radius 2 is 1.85 bits per heavy atom. The van der Waals surface area contributed by atoms with Crippen molar-refractivity contribution in [2.75, 3.05) is 17.2 Å². The Morgan fingerprint density at radius 3 is 2.45 bits per heavy atom. The Kier molecular flexibility index (Phi) is 4.55. The maximum Gasteiger partial charge on any atom is 0.135 e. The van der Waals surface area contributed by atoms with Crippen molar-refractivity contribution in [1.82, 2.24) is 19.5 Å². The van der Waals surface area contributed by atoms with Gasteiger partial charge in [-0.1, -0.05) is 6.92 Å². The van der Waals surface area contributed by atoms with E-state index in [1.807, 2.05) is 31.7 Å². The van der Waals surface area contributed by atoms with Gasteiger partial charge >= 0.3 is 0 Å². The maximum atomic E-state index is 4.47. The molecule has 0 spiro atoms. The molecule has 0 saturated carbocycles. The van der Waals surface area contributed by atoms with E-state index >= 15 is 0 Å². The van der Waals surface area contributed by atoms with E-state index in [-0.39, 0.29) is 0 Å². The molecular formula is C14H22N6. The first kappa shape index (κ1) is 14.3. The van der Waals surface area contributed by atoms with E-state index in [4.69, 9.17) is 0 Å². The predicted octanol–water partition coefficient (Wildman–Crippen LogP) is 2.26. The van der Waals surface area contributed by atoms with E-state index in [0.29, 0.717) is 6.54 Å². The molecule has 20 heavy (non-hydrogen) atoms. The number of nitrogens with one attached hydrogen (secondary N) is 2. The summed E-state index contributed by atoms with van der Waals surface area (Å²) >= 11 is 0. The molecular weight excluding hydrogens is 252 g/mol. The predicted molar refractivity (Wildman–Crippen MR) is 80.8 cm³/mol. The minimum absolute atomic E-state index is 0.647. The van der Waals surface area contributed by atoms with E-state index in [9.17, 15) is 0 Å². The molecule has 0 radical (unpaired) electrons. The first-order valence-electron chi connectivity index (χ1n) is 6.91. The first-order valence-corrected chi connectivity index (χ1v) is 6.91. The molecule has 0 aliphatic rings. The summed E-state index contributed by atoms with van der Waals surface area (Å²) in [6.45, 7) is 7.63. The van der Waals surface area contributed by atoms with Crippen LogP contribution >= 0.6 is 0 Å². The van der Waals surface area contributed by atoms with Gasteiger partial charge in [0, 0.05) is 31.5 Å². The van der Waals surface area contributed by atoms with Crippen LogP contribution in [0.3, 0.4) is 0 Å². The van der Waals surface area contributed by atoms with Crippen LogP contribution in [0.15, 0.2) is 12.4 Å². The van der Waals surface area contributed by atoms with Crippen molar-refractivity contribution < 1.29 is 0 Å². The highest BCUT2D eigenvalue weighted by atomic mass is 15.1. The second-order valence-electron chi connectivity index (χ2n) is 4.83. The molecule has 2 aromatic rings. The average molecular weight is 274 g/mol. The molecule has 0 atom stereocenters. The van der Waals surface area contributed by atoms with E-state index in [0.717, 1.165) is 41.8 Å². The van der Waals surface area contributed by atoms with Crippen LogP contribution in [0.2, 0.25) is 0 Å². The van der Waals surface area contributed by atoms with E-state index < -0.39 is 0 Å². The normalized spacial score (nSPS) is 10.6. The fraction of sp³-hybridized carbons (Fsp3) is 0.500. The highest BCUT2D eigenvalue weighted by Crippen LogP contribution is 2.20. The molecule has 2 rings (SSSR count). The van der Waals surface area contributed by atoms with Gasteiger partial charge in [0.1, 0.15) is 23.3 Å². The fourth-order valence-corrected chi connectivity index (χ4v) is 1.95. The van der Waals surface area contributed by atoms with Crippen molar-refractivity contribution in [2.24, 2.45) is 7.05 Å². The fourth-order valence-electron chi connectivity index (χ4n) is 1.95. The Morgan fingerprint density at radius 1 is 1.15 bits per heavy atom. The molecule has 108 valence electrons. The van der Waals surface area contributed by atoms with Gasteiger partial charge in [-0.2, -0.15) is 0 Å². The average Bonchev–Trinajstić information content (AvgIpc) is 2.83. The lowest BCUT2D eigenvalue weighted by Crippen LogP contribution is -2.12. The smallest absolute Gasteiger partial charge is 0.135 e. The lowest BCUT2D eigenvalue weighted by atomic mass is 10.3. The molecule has 0 saturated heterocycles. The molecule has 2 N–H and O–H groups in total. The monoisotopic (exact) mass is 274 g/mol. The van der Waals surface area contributed by atoms with Gasteiger partial charge in [0.15, 0.2) is 0 Å². The summed E-state index contributed by atoms with van der Waals surface area (Å²) < 4.78 is 1.99. The Labute approximate surface area is 119 Å². The third-order valence-electron chi connectivity index (χ3n) is 3.13. The van der Waals surface area contributed by atoms with Gasteiger partial charge in [-0.3, -0.25) is 0 Å². The number of rotatable bonds is 6. The highest BCUT2D eigenvalue weighted by molar-refractivity contribution is 5.57. The van der Waals surface area contributed by atoms with Crippen LogP contribution in [0.25, 0.3) is 0 Å². The van der Waals surface area contributed by atoms with Gasteiger partial charge in [-0.25, -0.2) is 15.0 Å². The zero-order valence-electron chi connectivity index (χ0n) is 12.6. The van der Waals surface area contributed by atoms with Crippen molar-refractivity contribution in [3.8, 4) is 0 Å². The molecule has 0 aliphatic heterocycles. The SMILES string of the molecule is CCCNc1nc(C)nc(NCc2nccn2C)c1C. The van der Waals surface area contributed by atoms with Gasteiger partial charge in [0.2, 0.25) is 0 Å².